The van der Waals surface area contributed by atoms with E-state index >= 15 is 0 Å². The Morgan fingerprint density at radius 3 is 2.47 bits per heavy atom. The summed E-state index contributed by atoms with van der Waals surface area (Å²) in [5, 5.41) is 1.17. The van der Waals surface area contributed by atoms with Crippen molar-refractivity contribution in [2.24, 2.45) is 17.3 Å². The lowest BCUT2D eigenvalue weighted by atomic mass is 9.69. The van der Waals surface area contributed by atoms with Crippen molar-refractivity contribution in [2.75, 3.05) is 11.9 Å². The molecule has 1 heterocycles. The molecule has 1 saturated heterocycles. The maximum Gasteiger partial charge on any atom is 0.0670 e. The highest BCUT2D eigenvalue weighted by Crippen LogP contribution is 2.55. The van der Waals surface area contributed by atoms with Crippen LogP contribution in [0.1, 0.15) is 44.9 Å². The molecule has 3 rings (SSSR count). The van der Waals surface area contributed by atoms with Gasteiger partial charge in [-0.2, -0.15) is 0 Å². The van der Waals surface area contributed by atoms with Gasteiger partial charge in [-0.1, -0.05) is 28.8 Å². The zero-order valence-electron chi connectivity index (χ0n) is 9.38. The highest BCUT2D eigenvalue weighted by Gasteiger charge is 2.54. The van der Waals surface area contributed by atoms with E-state index in [1.54, 1.807) is 0 Å². The number of halogens is 1. The predicted octanol–water partition coefficient (Wildman–Crippen LogP) is 3.76. The van der Waals surface area contributed by atoms with Crippen LogP contribution in [-0.4, -0.2) is 18.0 Å². The molecule has 86 valence electrons. The van der Waals surface area contributed by atoms with E-state index in [0.717, 1.165) is 18.4 Å². The van der Waals surface area contributed by atoms with Crippen LogP contribution in [0.25, 0.3) is 0 Å². The lowest BCUT2D eigenvalue weighted by Crippen LogP contribution is -2.40. The zero-order valence-corrected chi connectivity index (χ0v) is 11.0. The highest BCUT2D eigenvalue weighted by atomic mass is 79.9. The van der Waals surface area contributed by atoms with Crippen molar-refractivity contribution >= 4 is 15.9 Å². The summed E-state index contributed by atoms with van der Waals surface area (Å²) in [6, 6.07) is 0. The van der Waals surface area contributed by atoms with Crippen LogP contribution in [0.15, 0.2) is 0 Å². The van der Waals surface area contributed by atoms with Crippen LogP contribution in [0.2, 0.25) is 0 Å². The molecule has 15 heavy (non-hydrogen) atoms. The van der Waals surface area contributed by atoms with Gasteiger partial charge in [0.1, 0.15) is 0 Å². The van der Waals surface area contributed by atoms with Crippen molar-refractivity contribution in [1.29, 1.82) is 0 Å². The summed E-state index contributed by atoms with van der Waals surface area (Å²) >= 11 is 3.80. The van der Waals surface area contributed by atoms with Crippen LogP contribution in [0.5, 0.6) is 0 Å². The van der Waals surface area contributed by atoms with E-state index in [0.29, 0.717) is 11.5 Å². The van der Waals surface area contributed by atoms with Gasteiger partial charge in [0.15, 0.2) is 0 Å². The Labute approximate surface area is 101 Å². The summed E-state index contributed by atoms with van der Waals surface area (Å²) in [5.74, 6) is 1.86. The fraction of sp³-hybridized carbons (Fsp3) is 1.00. The van der Waals surface area contributed by atoms with Crippen LogP contribution in [0.4, 0.5) is 0 Å². The fourth-order valence-electron chi connectivity index (χ4n) is 3.88. The number of hydrogen-bond acceptors (Lipinski definition) is 1. The maximum atomic E-state index is 6.07. The summed E-state index contributed by atoms with van der Waals surface area (Å²) < 4.78 is 6.07. The largest absolute Gasteiger partial charge is 0.377 e. The molecule has 2 aliphatic carbocycles. The Bertz CT molecular complexity index is 233. The molecule has 2 saturated carbocycles. The first kappa shape index (κ1) is 10.6. The molecule has 2 unspecified atom stereocenters. The molecule has 0 bridgehead atoms. The minimum absolute atomic E-state index is 0.512. The second-order valence-electron chi connectivity index (χ2n) is 5.73. The molecule has 3 aliphatic rings. The van der Waals surface area contributed by atoms with Crippen molar-refractivity contribution in [3.8, 4) is 0 Å². The van der Waals surface area contributed by atoms with Crippen LogP contribution in [-0.2, 0) is 4.74 Å². The Balaban J connectivity index is 1.82. The summed E-state index contributed by atoms with van der Waals surface area (Å²) in [5.41, 5.74) is 0.512. The van der Waals surface area contributed by atoms with E-state index in [1.807, 2.05) is 0 Å². The van der Waals surface area contributed by atoms with Crippen molar-refractivity contribution in [2.45, 2.75) is 51.0 Å². The molecule has 0 aromatic carbocycles. The molecule has 0 N–H and O–H groups in total. The van der Waals surface area contributed by atoms with E-state index in [-0.39, 0.29) is 0 Å². The Morgan fingerprint density at radius 2 is 1.87 bits per heavy atom. The van der Waals surface area contributed by atoms with E-state index < -0.39 is 0 Å². The van der Waals surface area contributed by atoms with E-state index in [2.05, 4.69) is 15.9 Å². The van der Waals surface area contributed by atoms with Crippen molar-refractivity contribution in [1.82, 2.24) is 0 Å². The van der Waals surface area contributed by atoms with E-state index in [1.165, 1.54) is 50.3 Å². The predicted molar refractivity (Wildman–Crippen MR) is 65.3 cm³/mol. The summed E-state index contributed by atoms with van der Waals surface area (Å²) in [6.07, 6.45) is 10.6. The Morgan fingerprint density at radius 1 is 1.13 bits per heavy atom. The third-order valence-corrected chi connectivity index (χ3v) is 5.94. The Hall–Kier alpha value is 0.440. The normalized spacial score (nSPS) is 42.6. The molecular weight excluding hydrogens is 252 g/mol. The third-order valence-electron chi connectivity index (χ3n) is 4.90. The first-order valence-corrected chi connectivity index (χ1v) is 7.66. The van der Waals surface area contributed by atoms with Gasteiger partial charge in [0.25, 0.3) is 0 Å². The van der Waals surface area contributed by atoms with Gasteiger partial charge in [-0.3, -0.25) is 0 Å². The zero-order chi connectivity index (χ0) is 10.3. The van der Waals surface area contributed by atoms with Crippen molar-refractivity contribution < 1.29 is 4.74 Å². The molecule has 0 spiro atoms. The first-order chi connectivity index (χ1) is 7.37. The SMILES string of the molecule is BrCC1(C2CCCC2)CCOC1C1CC1. The summed E-state index contributed by atoms with van der Waals surface area (Å²) in [4.78, 5) is 0. The smallest absolute Gasteiger partial charge is 0.0670 e. The van der Waals surface area contributed by atoms with Gasteiger partial charge in [-0.05, 0) is 43.9 Å². The van der Waals surface area contributed by atoms with Gasteiger partial charge < -0.3 is 4.74 Å². The number of ether oxygens (including phenoxy) is 1. The van der Waals surface area contributed by atoms with Crippen LogP contribution >= 0.6 is 15.9 Å². The molecular formula is C13H21BrO. The molecule has 0 radical (unpaired) electrons. The average molecular weight is 273 g/mol. The minimum atomic E-state index is 0.512. The number of rotatable bonds is 3. The molecule has 2 heteroatoms. The standard InChI is InChI=1S/C13H21BrO/c14-9-13(11-3-1-2-4-11)7-8-15-12(13)10-5-6-10/h10-12H,1-9H2. The molecule has 0 aromatic heterocycles. The first-order valence-electron chi connectivity index (χ1n) is 6.54. The quantitative estimate of drug-likeness (QED) is 0.711. The van der Waals surface area contributed by atoms with E-state index in [4.69, 9.17) is 4.74 Å². The topological polar surface area (TPSA) is 9.23 Å². The molecule has 1 aliphatic heterocycles. The van der Waals surface area contributed by atoms with Gasteiger partial charge in [-0.25, -0.2) is 0 Å². The molecule has 0 amide bonds. The van der Waals surface area contributed by atoms with Crippen molar-refractivity contribution in [3.63, 3.8) is 0 Å². The van der Waals surface area contributed by atoms with Gasteiger partial charge in [0.05, 0.1) is 6.10 Å². The second-order valence-corrected chi connectivity index (χ2v) is 6.29. The van der Waals surface area contributed by atoms with Crippen molar-refractivity contribution in [3.05, 3.63) is 0 Å². The van der Waals surface area contributed by atoms with Gasteiger partial charge in [-0.15, -0.1) is 0 Å². The van der Waals surface area contributed by atoms with E-state index in [9.17, 15) is 0 Å². The van der Waals surface area contributed by atoms with Crippen LogP contribution < -0.4 is 0 Å². The average Bonchev–Trinajstić information content (AvgIpc) is 2.83. The lowest BCUT2D eigenvalue weighted by Gasteiger charge is -2.38. The summed E-state index contributed by atoms with van der Waals surface area (Å²) in [7, 11) is 0. The number of alkyl halides is 1. The Kier molecular flexibility index (Phi) is 2.84. The molecule has 2 atom stereocenters. The van der Waals surface area contributed by atoms with Gasteiger partial charge >= 0.3 is 0 Å². The second kappa shape index (κ2) is 4.03. The van der Waals surface area contributed by atoms with Gasteiger partial charge in [0, 0.05) is 17.4 Å². The summed E-state index contributed by atoms with van der Waals surface area (Å²) in [6.45, 7) is 1.02. The molecule has 1 nitrogen and oxygen atoms in total. The number of hydrogen-bond donors (Lipinski definition) is 0. The monoisotopic (exact) mass is 272 g/mol. The molecule has 3 fully saturated rings. The lowest BCUT2D eigenvalue weighted by molar-refractivity contribution is 0.0141. The highest BCUT2D eigenvalue weighted by molar-refractivity contribution is 9.09. The van der Waals surface area contributed by atoms with Crippen LogP contribution in [0, 0.1) is 17.3 Å². The van der Waals surface area contributed by atoms with Gasteiger partial charge in [0.2, 0.25) is 0 Å². The molecule has 0 aromatic rings. The minimum Gasteiger partial charge on any atom is -0.377 e. The maximum absolute atomic E-state index is 6.07. The van der Waals surface area contributed by atoms with Crippen LogP contribution in [0.3, 0.4) is 0 Å². The third kappa shape index (κ3) is 1.68. The fourth-order valence-corrected chi connectivity index (χ4v) is 4.94.